The van der Waals surface area contributed by atoms with Crippen LogP contribution in [-0.4, -0.2) is 19.8 Å². The summed E-state index contributed by atoms with van der Waals surface area (Å²) in [6.07, 6.45) is 0. The lowest BCUT2D eigenvalue weighted by atomic mass is 10.2. The topological polar surface area (TPSA) is 47.3 Å². The number of benzene rings is 1. The van der Waals surface area contributed by atoms with Crippen LogP contribution in [0.5, 0.6) is 0 Å². The Hall–Kier alpha value is -1.29. The van der Waals surface area contributed by atoms with Crippen LogP contribution in [-0.2, 0) is 4.74 Å². The zero-order chi connectivity index (χ0) is 12.0. The van der Waals surface area contributed by atoms with Crippen molar-refractivity contribution in [1.82, 2.24) is 0 Å². The molecule has 0 aliphatic rings. The maximum Gasteiger partial charge on any atom is 0.148 e. The molecule has 0 amide bonds. The highest BCUT2D eigenvalue weighted by Crippen LogP contribution is 2.20. The smallest absolute Gasteiger partial charge is 0.148 e. The lowest BCUT2D eigenvalue weighted by Crippen LogP contribution is -2.13. The van der Waals surface area contributed by atoms with Crippen molar-refractivity contribution in [2.75, 3.05) is 30.8 Å². The first-order valence-electron chi connectivity index (χ1n) is 5.47. The van der Waals surface area contributed by atoms with Crippen LogP contribution >= 0.6 is 0 Å². The van der Waals surface area contributed by atoms with Gasteiger partial charge in [0.25, 0.3) is 0 Å². The van der Waals surface area contributed by atoms with Crippen LogP contribution in [0.3, 0.4) is 0 Å². The lowest BCUT2D eigenvalue weighted by Gasteiger charge is -2.10. The van der Waals surface area contributed by atoms with Crippen LogP contribution in [0, 0.1) is 11.7 Å². The van der Waals surface area contributed by atoms with E-state index in [0.717, 1.165) is 6.61 Å². The average molecular weight is 226 g/mol. The predicted molar refractivity (Wildman–Crippen MR) is 65.0 cm³/mol. The first-order valence-corrected chi connectivity index (χ1v) is 5.47. The molecule has 0 heterocycles. The highest BCUT2D eigenvalue weighted by molar-refractivity contribution is 5.66. The summed E-state index contributed by atoms with van der Waals surface area (Å²) in [4.78, 5) is 0. The van der Waals surface area contributed by atoms with Crippen LogP contribution in [0.4, 0.5) is 15.8 Å². The molecule has 0 saturated heterocycles. The summed E-state index contributed by atoms with van der Waals surface area (Å²) in [5.41, 5.74) is 6.34. The summed E-state index contributed by atoms with van der Waals surface area (Å²) in [7, 11) is 0. The number of ether oxygens (including phenoxy) is 1. The van der Waals surface area contributed by atoms with Gasteiger partial charge in [-0.15, -0.1) is 0 Å². The summed E-state index contributed by atoms with van der Waals surface area (Å²) in [5.74, 6) is 0.132. The van der Waals surface area contributed by atoms with Gasteiger partial charge in [-0.05, 0) is 18.1 Å². The molecule has 3 N–H and O–H groups in total. The van der Waals surface area contributed by atoms with E-state index in [1.54, 1.807) is 12.1 Å². The number of nitrogen functional groups attached to an aromatic ring is 1. The molecule has 1 aromatic carbocycles. The minimum absolute atomic E-state index is 0.159. The molecule has 16 heavy (non-hydrogen) atoms. The van der Waals surface area contributed by atoms with Crippen molar-refractivity contribution in [3.05, 3.63) is 24.0 Å². The first kappa shape index (κ1) is 12.8. The Morgan fingerprint density at radius 3 is 2.88 bits per heavy atom. The van der Waals surface area contributed by atoms with E-state index in [0.29, 0.717) is 24.8 Å². The van der Waals surface area contributed by atoms with E-state index in [-0.39, 0.29) is 5.69 Å². The number of nitrogens with two attached hydrogens (primary N) is 1. The Balaban J connectivity index is 2.29. The number of halogens is 1. The van der Waals surface area contributed by atoms with Gasteiger partial charge < -0.3 is 15.8 Å². The van der Waals surface area contributed by atoms with Crippen molar-refractivity contribution < 1.29 is 9.13 Å². The molecule has 0 aromatic heterocycles. The minimum Gasteiger partial charge on any atom is -0.395 e. The Morgan fingerprint density at radius 2 is 2.19 bits per heavy atom. The SMILES string of the molecule is CC(C)COCCNc1cccc(F)c1N. The largest absolute Gasteiger partial charge is 0.395 e. The van der Waals surface area contributed by atoms with Gasteiger partial charge in [0.15, 0.2) is 0 Å². The van der Waals surface area contributed by atoms with Gasteiger partial charge in [-0.1, -0.05) is 19.9 Å². The van der Waals surface area contributed by atoms with Gasteiger partial charge in [-0.2, -0.15) is 0 Å². The second-order valence-corrected chi connectivity index (χ2v) is 4.10. The Bertz CT molecular complexity index is 329. The van der Waals surface area contributed by atoms with Gasteiger partial charge in [0.05, 0.1) is 18.0 Å². The van der Waals surface area contributed by atoms with Crippen LogP contribution in [0.1, 0.15) is 13.8 Å². The van der Waals surface area contributed by atoms with Crippen molar-refractivity contribution >= 4 is 11.4 Å². The lowest BCUT2D eigenvalue weighted by molar-refractivity contribution is 0.118. The van der Waals surface area contributed by atoms with E-state index in [2.05, 4.69) is 19.2 Å². The number of hydrogen-bond acceptors (Lipinski definition) is 3. The number of hydrogen-bond donors (Lipinski definition) is 2. The minimum atomic E-state index is -0.395. The Kier molecular flexibility index (Phi) is 5.05. The fourth-order valence-corrected chi connectivity index (χ4v) is 1.27. The van der Waals surface area contributed by atoms with Crippen LogP contribution in [0.15, 0.2) is 18.2 Å². The van der Waals surface area contributed by atoms with Crippen molar-refractivity contribution in [2.24, 2.45) is 5.92 Å². The van der Waals surface area contributed by atoms with E-state index in [1.165, 1.54) is 6.07 Å². The third-order valence-electron chi connectivity index (χ3n) is 2.07. The summed E-state index contributed by atoms with van der Waals surface area (Å²) >= 11 is 0. The first-order chi connectivity index (χ1) is 7.61. The number of anilines is 2. The number of nitrogens with one attached hydrogen (secondary N) is 1. The van der Waals surface area contributed by atoms with E-state index >= 15 is 0 Å². The molecule has 0 fully saturated rings. The third kappa shape index (κ3) is 4.06. The average Bonchev–Trinajstić information content (AvgIpc) is 2.23. The molecule has 0 spiro atoms. The number of para-hydroxylation sites is 1. The second-order valence-electron chi connectivity index (χ2n) is 4.10. The molecule has 0 atom stereocenters. The normalized spacial score (nSPS) is 10.8. The van der Waals surface area contributed by atoms with E-state index in [9.17, 15) is 4.39 Å². The molecule has 4 heteroatoms. The van der Waals surface area contributed by atoms with Gasteiger partial charge in [0.2, 0.25) is 0 Å². The molecule has 1 rings (SSSR count). The second kappa shape index (κ2) is 6.33. The van der Waals surface area contributed by atoms with Gasteiger partial charge >= 0.3 is 0 Å². The summed E-state index contributed by atoms with van der Waals surface area (Å²) in [5, 5.41) is 3.04. The highest BCUT2D eigenvalue weighted by atomic mass is 19.1. The fourth-order valence-electron chi connectivity index (χ4n) is 1.27. The van der Waals surface area contributed by atoms with E-state index in [4.69, 9.17) is 10.5 Å². The maximum absolute atomic E-state index is 13.1. The Morgan fingerprint density at radius 1 is 1.44 bits per heavy atom. The van der Waals surface area contributed by atoms with Gasteiger partial charge in [-0.25, -0.2) is 4.39 Å². The quantitative estimate of drug-likeness (QED) is 0.578. The monoisotopic (exact) mass is 226 g/mol. The van der Waals surface area contributed by atoms with Gasteiger partial charge in [0, 0.05) is 13.2 Å². The molecule has 1 aromatic rings. The molecule has 0 bridgehead atoms. The molecule has 3 nitrogen and oxygen atoms in total. The molecule has 90 valence electrons. The predicted octanol–water partition coefficient (Wildman–Crippen LogP) is 2.49. The maximum atomic E-state index is 13.1. The molecule has 0 unspecified atom stereocenters. The van der Waals surface area contributed by atoms with Crippen LogP contribution in [0.2, 0.25) is 0 Å². The molecular weight excluding hydrogens is 207 g/mol. The van der Waals surface area contributed by atoms with Gasteiger partial charge in [0.1, 0.15) is 5.82 Å². The Labute approximate surface area is 95.8 Å². The zero-order valence-electron chi connectivity index (χ0n) is 9.79. The van der Waals surface area contributed by atoms with Crippen molar-refractivity contribution in [1.29, 1.82) is 0 Å². The van der Waals surface area contributed by atoms with Crippen molar-refractivity contribution in [2.45, 2.75) is 13.8 Å². The van der Waals surface area contributed by atoms with Crippen LogP contribution < -0.4 is 11.1 Å². The standard InChI is InChI=1S/C12H19FN2O/c1-9(2)8-16-7-6-15-11-5-3-4-10(13)12(11)14/h3-5,9,15H,6-8,14H2,1-2H3. The fraction of sp³-hybridized carbons (Fsp3) is 0.500. The van der Waals surface area contributed by atoms with Crippen molar-refractivity contribution in [3.8, 4) is 0 Å². The number of rotatable bonds is 6. The van der Waals surface area contributed by atoms with E-state index < -0.39 is 5.82 Å². The summed E-state index contributed by atoms with van der Waals surface area (Å²) in [6, 6.07) is 4.72. The van der Waals surface area contributed by atoms with Crippen LogP contribution in [0.25, 0.3) is 0 Å². The zero-order valence-corrected chi connectivity index (χ0v) is 9.79. The molecule has 0 aliphatic carbocycles. The van der Waals surface area contributed by atoms with Gasteiger partial charge in [-0.3, -0.25) is 0 Å². The highest BCUT2D eigenvalue weighted by Gasteiger charge is 2.02. The van der Waals surface area contributed by atoms with Crippen molar-refractivity contribution in [3.63, 3.8) is 0 Å². The molecule has 0 aliphatic heterocycles. The summed E-state index contributed by atoms with van der Waals surface area (Å²) in [6.45, 7) is 6.14. The third-order valence-corrected chi connectivity index (χ3v) is 2.07. The van der Waals surface area contributed by atoms with E-state index in [1.807, 2.05) is 0 Å². The molecule has 0 saturated carbocycles. The summed E-state index contributed by atoms with van der Waals surface area (Å²) < 4.78 is 18.5. The molecular formula is C12H19FN2O. The molecule has 0 radical (unpaired) electrons.